The van der Waals surface area contributed by atoms with Gasteiger partial charge in [0.05, 0.1) is 0 Å². The van der Waals surface area contributed by atoms with Gasteiger partial charge in [0.15, 0.2) is 0 Å². The molecule has 0 saturated heterocycles. The van der Waals surface area contributed by atoms with Crippen molar-refractivity contribution in [2.75, 3.05) is 0 Å². The van der Waals surface area contributed by atoms with E-state index in [1.807, 2.05) is 11.4 Å². The lowest BCUT2D eigenvalue weighted by molar-refractivity contribution is 0.0274. The average Bonchev–Trinajstić information content (AvgIpc) is 2.15. The van der Waals surface area contributed by atoms with Crippen LogP contribution in [0.3, 0.4) is 0 Å². The fourth-order valence-corrected chi connectivity index (χ4v) is 1.16. The molecule has 2 heterocycles. The topological polar surface area (TPSA) is 30.5 Å². The molecule has 8 heavy (non-hydrogen) atoms. The summed E-state index contributed by atoms with van der Waals surface area (Å²) in [6, 6.07) is 1.85. The summed E-state index contributed by atoms with van der Waals surface area (Å²) in [5.74, 6) is 0.773. The quantitative estimate of drug-likeness (QED) is 0.565. The van der Waals surface area contributed by atoms with Crippen molar-refractivity contribution in [3.05, 3.63) is 11.4 Å². The first-order valence-electron chi connectivity index (χ1n) is 2.13. The van der Waals surface area contributed by atoms with Gasteiger partial charge in [0, 0.05) is 5.64 Å². The summed E-state index contributed by atoms with van der Waals surface area (Å²) in [7, 11) is 0. The Bertz CT molecular complexity index is 179. The summed E-state index contributed by atoms with van der Waals surface area (Å²) in [6.45, 7) is 0. The van der Waals surface area contributed by atoms with Crippen molar-refractivity contribution < 1.29 is 9.68 Å². The van der Waals surface area contributed by atoms with Gasteiger partial charge < -0.3 is 9.68 Å². The van der Waals surface area contributed by atoms with E-state index in [1.165, 1.54) is 11.3 Å². The van der Waals surface area contributed by atoms with Crippen LogP contribution in [0.4, 0.5) is 0 Å². The van der Waals surface area contributed by atoms with Crippen molar-refractivity contribution >= 4 is 11.3 Å². The molecule has 1 aromatic heterocycles. The molecule has 1 N–H and O–H groups in total. The molecule has 0 radical (unpaired) electrons. The van der Waals surface area contributed by atoms with Gasteiger partial charge in [0.25, 0.3) is 0 Å². The summed E-state index contributed by atoms with van der Waals surface area (Å²) in [4.78, 5) is 9.56. The molecule has 0 spiro atoms. The highest BCUT2D eigenvalue weighted by Crippen LogP contribution is 2.35. The van der Waals surface area contributed by atoms with Crippen molar-refractivity contribution in [2.24, 2.45) is 0 Å². The Morgan fingerprint density at radius 2 is 2.50 bits per heavy atom. The van der Waals surface area contributed by atoms with Gasteiger partial charge >= 0.3 is 0 Å². The highest BCUT2D eigenvalue weighted by atomic mass is 32.1. The molecular formula is C4H3NO2S. The van der Waals surface area contributed by atoms with E-state index >= 15 is 0 Å². The third-order valence-corrected chi connectivity index (χ3v) is 1.65. The van der Waals surface area contributed by atoms with Gasteiger partial charge in [-0.3, -0.25) is 0 Å². The van der Waals surface area contributed by atoms with Gasteiger partial charge in [-0.25, -0.2) is 0 Å². The molecule has 42 valence electrons. The van der Waals surface area contributed by atoms with Gasteiger partial charge in [-0.15, -0.1) is 11.3 Å². The molecule has 0 fully saturated rings. The Hall–Kier alpha value is -0.740. The Kier molecular flexibility index (Phi) is 0.712. The van der Waals surface area contributed by atoms with E-state index in [2.05, 4.69) is 5.64 Å². The normalized spacial score (nSPS) is 14.5. The lowest BCUT2D eigenvalue weighted by atomic mass is 10.6. The number of rotatable bonds is 0. The van der Waals surface area contributed by atoms with Crippen LogP contribution in [-0.4, -0.2) is 0 Å². The first-order valence-corrected chi connectivity index (χ1v) is 3.01. The lowest BCUT2D eigenvalue weighted by Crippen LogP contribution is -2.14. The Balaban J connectivity index is 2.54. The Labute approximate surface area is 49.8 Å². The highest BCUT2D eigenvalue weighted by Gasteiger charge is 2.13. The van der Waals surface area contributed by atoms with E-state index in [0.717, 1.165) is 10.8 Å². The van der Waals surface area contributed by atoms with Crippen LogP contribution < -0.4 is 15.3 Å². The van der Waals surface area contributed by atoms with Crippen LogP contribution in [0.5, 0.6) is 10.8 Å². The summed E-state index contributed by atoms with van der Waals surface area (Å²) >= 11 is 1.50. The minimum absolute atomic E-state index is 0.773. The van der Waals surface area contributed by atoms with Gasteiger partial charge in [-0.2, -0.15) is 0 Å². The predicted octanol–water partition coefficient (Wildman–Crippen LogP) is 0.939. The number of hydrogen-bond acceptors (Lipinski definition) is 4. The van der Waals surface area contributed by atoms with Gasteiger partial charge in [-0.05, 0) is 11.4 Å². The zero-order valence-electron chi connectivity index (χ0n) is 3.88. The van der Waals surface area contributed by atoms with Crippen molar-refractivity contribution in [2.45, 2.75) is 0 Å². The Morgan fingerprint density at radius 1 is 1.50 bits per heavy atom. The molecule has 0 saturated carbocycles. The smallest absolute Gasteiger partial charge is 0.249 e. The second kappa shape index (κ2) is 1.37. The standard InChI is InChI=1S/C4H3NO2S/c1-2-8-4-3(1)6-5-7-4/h1-2,5H. The third-order valence-electron chi connectivity index (χ3n) is 0.882. The number of hydrogen-bond donors (Lipinski definition) is 1. The molecule has 1 aliphatic rings. The molecule has 4 heteroatoms. The zero-order chi connectivity index (χ0) is 5.40. The Morgan fingerprint density at radius 3 is 3.38 bits per heavy atom. The SMILES string of the molecule is c1cc2c(s1)ONO2. The molecule has 0 aromatic carbocycles. The van der Waals surface area contributed by atoms with Gasteiger partial charge in [0.1, 0.15) is 0 Å². The van der Waals surface area contributed by atoms with Gasteiger partial charge in [0.2, 0.25) is 10.8 Å². The minimum atomic E-state index is 0.773. The van der Waals surface area contributed by atoms with Crippen LogP contribution >= 0.6 is 11.3 Å². The first-order chi connectivity index (χ1) is 3.97. The maximum absolute atomic E-state index is 4.78. The number of fused-ring (bicyclic) bond motifs is 1. The second-order valence-electron chi connectivity index (χ2n) is 1.36. The van der Waals surface area contributed by atoms with Crippen LogP contribution in [0.25, 0.3) is 0 Å². The van der Waals surface area contributed by atoms with Crippen LogP contribution in [0, 0.1) is 0 Å². The van der Waals surface area contributed by atoms with E-state index in [1.54, 1.807) is 0 Å². The van der Waals surface area contributed by atoms with Crippen LogP contribution in [0.1, 0.15) is 0 Å². The van der Waals surface area contributed by atoms with Crippen LogP contribution in [-0.2, 0) is 0 Å². The predicted molar refractivity (Wildman–Crippen MR) is 28.7 cm³/mol. The second-order valence-corrected chi connectivity index (χ2v) is 2.24. The summed E-state index contributed by atoms with van der Waals surface area (Å²) in [5, 5.41) is 2.70. The van der Waals surface area contributed by atoms with Crippen molar-refractivity contribution in [1.29, 1.82) is 0 Å². The van der Waals surface area contributed by atoms with Crippen molar-refractivity contribution in [3.63, 3.8) is 0 Å². The molecule has 1 aliphatic heterocycles. The van der Waals surface area contributed by atoms with Crippen LogP contribution in [0.15, 0.2) is 11.4 Å². The molecule has 0 atom stereocenters. The molecule has 0 bridgehead atoms. The van der Waals surface area contributed by atoms with Crippen LogP contribution in [0.2, 0.25) is 0 Å². The molecular weight excluding hydrogens is 126 g/mol. The summed E-state index contributed by atoms with van der Waals surface area (Å²) in [5.41, 5.74) is 2.28. The average molecular weight is 129 g/mol. The fourth-order valence-electron chi connectivity index (χ4n) is 0.537. The maximum Gasteiger partial charge on any atom is 0.249 e. The number of nitrogens with one attached hydrogen (secondary N) is 1. The maximum atomic E-state index is 4.78. The number of thiophene rings is 1. The minimum Gasteiger partial charge on any atom is -0.369 e. The monoisotopic (exact) mass is 129 g/mol. The fraction of sp³-hybridized carbons (Fsp3) is 0. The van der Waals surface area contributed by atoms with E-state index in [0.29, 0.717) is 0 Å². The molecule has 2 rings (SSSR count). The van der Waals surface area contributed by atoms with E-state index < -0.39 is 0 Å². The largest absolute Gasteiger partial charge is 0.369 e. The van der Waals surface area contributed by atoms with E-state index in [4.69, 9.17) is 9.68 Å². The summed E-state index contributed by atoms with van der Waals surface area (Å²) < 4.78 is 0. The molecule has 0 unspecified atom stereocenters. The third kappa shape index (κ3) is 0.410. The molecule has 1 aromatic rings. The first kappa shape index (κ1) is 4.17. The van der Waals surface area contributed by atoms with E-state index in [9.17, 15) is 0 Å². The van der Waals surface area contributed by atoms with Crippen molar-refractivity contribution in [1.82, 2.24) is 5.64 Å². The highest BCUT2D eigenvalue weighted by molar-refractivity contribution is 7.12. The summed E-state index contributed by atoms with van der Waals surface area (Å²) in [6.07, 6.45) is 0. The molecule has 3 nitrogen and oxygen atoms in total. The lowest BCUT2D eigenvalue weighted by Gasteiger charge is -1.86. The van der Waals surface area contributed by atoms with E-state index in [-0.39, 0.29) is 0 Å². The molecule has 0 amide bonds. The van der Waals surface area contributed by atoms with Gasteiger partial charge in [-0.1, -0.05) is 0 Å². The van der Waals surface area contributed by atoms with Crippen molar-refractivity contribution in [3.8, 4) is 10.8 Å². The molecule has 0 aliphatic carbocycles. The zero-order valence-corrected chi connectivity index (χ0v) is 4.70.